The van der Waals surface area contributed by atoms with E-state index in [1.807, 2.05) is 36.7 Å². The van der Waals surface area contributed by atoms with E-state index in [-0.39, 0.29) is 0 Å². The van der Waals surface area contributed by atoms with Gasteiger partial charge in [0.25, 0.3) is 0 Å². The van der Waals surface area contributed by atoms with Crippen molar-refractivity contribution >= 4 is 34.4 Å². The van der Waals surface area contributed by atoms with Crippen molar-refractivity contribution in [2.45, 2.75) is 19.0 Å². The highest BCUT2D eigenvalue weighted by molar-refractivity contribution is 6.32. The van der Waals surface area contributed by atoms with Gasteiger partial charge in [-0.2, -0.15) is 0 Å². The minimum absolute atomic E-state index is 0.304. The highest BCUT2D eigenvalue weighted by atomic mass is 35.5. The number of pyridine rings is 1. The van der Waals surface area contributed by atoms with Gasteiger partial charge >= 0.3 is 0 Å². The fourth-order valence-corrected chi connectivity index (χ4v) is 3.79. The van der Waals surface area contributed by atoms with Crippen molar-refractivity contribution in [3.8, 4) is 0 Å². The van der Waals surface area contributed by atoms with Crippen LogP contribution in [0.1, 0.15) is 6.42 Å². The summed E-state index contributed by atoms with van der Waals surface area (Å²) in [5.41, 5.74) is 2.16. The molecule has 8 heteroatoms. The number of anilines is 1. The van der Waals surface area contributed by atoms with Crippen LogP contribution in [0.2, 0.25) is 5.02 Å². The van der Waals surface area contributed by atoms with Crippen molar-refractivity contribution in [3.05, 3.63) is 53.9 Å². The van der Waals surface area contributed by atoms with E-state index in [1.54, 1.807) is 13.2 Å². The predicted octanol–water partition coefficient (Wildman–Crippen LogP) is 2.53. The van der Waals surface area contributed by atoms with Gasteiger partial charge < -0.3 is 20.1 Å². The van der Waals surface area contributed by atoms with Gasteiger partial charge in [0.05, 0.1) is 22.4 Å². The summed E-state index contributed by atoms with van der Waals surface area (Å²) in [7, 11) is 1.80. The van der Waals surface area contributed by atoms with Crippen LogP contribution in [0.4, 0.5) is 5.82 Å². The van der Waals surface area contributed by atoms with Crippen molar-refractivity contribution in [2.24, 2.45) is 4.99 Å². The van der Waals surface area contributed by atoms with Gasteiger partial charge in [0.1, 0.15) is 5.82 Å². The molecule has 146 valence electrons. The Hall–Kier alpha value is -2.80. The van der Waals surface area contributed by atoms with E-state index in [0.717, 1.165) is 55.4 Å². The Kier molecular flexibility index (Phi) is 5.62. The van der Waals surface area contributed by atoms with Gasteiger partial charge in [0.15, 0.2) is 5.96 Å². The number of guanidine groups is 1. The third-order valence-corrected chi connectivity index (χ3v) is 5.26. The van der Waals surface area contributed by atoms with Crippen LogP contribution in [0.25, 0.3) is 11.0 Å². The molecule has 3 aromatic rings. The Bertz CT molecular complexity index is 968. The Morgan fingerprint density at radius 2 is 2.14 bits per heavy atom. The number of fused-ring (bicyclic) bond motifs is 1. The third kappa shape index (κ3) is 4.04. The molecule has 3 heterocycles. The molecule has 0 bridgehead atoms. The molecule has 7 nitrogen and oxygen atoms in total. The van der Waals surface area contributed by atoms with Crippen molar-refractivity contribution in [2.75, 3.05) is 31.6 Å². The lowest BCUT2D eigenvalue weighted by Crippen LogP contribution is -2.45. The largest absolute Gasteiger partial charge is 0.355 e. The molecule has 1 unspecified atom stereocenters. The van der Waals surface area contributed by atoms with E-state index >= 15 is 0 Å². The van der Waals surface area contributed by atoms with Gasteiger partial charge in [0, 0.05) is 45.5 Å². The maximum atomic E-state index is 6.28. The Morgan fingerprint density at radius 3 is 3.00 bits per heavy atom. The number of nitrogens with zero attached hydrogens (tertiary/aromatic N) is 5. The molecule has 2 aromatic heterocycles. The molecule has 0 aliphatic carbocycles. The molecule has 0 spiro atoms. The fraction of sp³-hybridized carbons (Fsp3) is 0.350. The number of hydrogen-bond acceptors (Lipinski definition) is 4. The fourth-order valence-electron chi connectivity index (χ4n) is 3.55. The predicted molar refractivity (Wildman–Crippen MR) is 114 cm³/mol. The summed E-state index contributed by atoms with van der Waals surface area (Å²) in [6.07, 6.45) is 4.68. The molecule has 28 heavy (non-hydrogen) atoms. The number of imidazole rings is 1. The summed E-state index contributed by atoms with van der Waals surface area (Å²) in [4.78, 5) is 15.4. The number of hydrogen-bond donors (Lipinski definition) is 2. The SMILES string of the molecule is CN=C(NCCn1cnc2ccccc21)NC1CCN(c2ncccc2Cl)C1. The summed E-state index contributed by atoms with van der Waals surface area (Å²) in [5.74, 6) is 1.66. The number of rotatable bonds is 5. The minimum Gasteiger partial charge on any atom is -0.355 e. The lowest BCUT2D eigenvalue weighted by Gasteiger charge is -2.20. The molecule has 0 amide bonds. The number of para-hydroxylation sites is 2. The zero-order valence-electron chi connectivity index (χ0n) is 15.8. The summed E-state index contributed by atoms with van der Waals surface area (Å²) in [6, 6.07) is 12.2. The minimum atomic E-state index is 0.304. The summed E-state index contributed by atoms with van der Waals surface area (Å²) < 4.78 is 2.15. The van der Waals surface area contributed by atoms with Crippen LogP contribution >= 0.6 is 11.6 Å². The molecule has 1 aliphatic rings. The topological polar surface area (TPSA) is 70.4 Å². The van der Waals surface area contributed by atoms with Crippen molar-refractivity contribution in [1.82, 2.24) is 25.2 Å². The molecular formula is C20H24ClN7. The van der Waals surface area contributed by atoms with Crippen LogP contribution in [-0.4, -0.2) is 53.2 Å². The number of benzene rings is 1. The molecule has 0 saturated carbocycles. The van der Waals surface area contributed by atoms with Gasteiger partial charge in [0.2, 0.25) is 0 Å². The molecule has 1 atom stereocenters. The number of halogens is 1. The smallest absolute Gasteiger partial charge is 0.191 e. The Labute approximate surface area is 169 Å². The zero-order chi connectivity index (χ0) is 19.3. The molecular weight excluding hydrogens is 374 g/mol. The monoisotopic (exact) mass is 397 g/mol. The van der Waals surface area contributed by atoms with Crippen molar-refractivity contribution < 1.29 is 0 Å². The van der Waals surface area contributed by atoms with E-state index in [0.29, 0.717) is 11.1 Å². The first-order valence-electron chi connectivity index (χ1n) is 9.47. The van der Waals surface area contributed by atoms with Gasteiger partial charge in [-0.25, -0.2) is 9.97 Å². The first kappa shape index (κ1) is 18.6. The Balaban J connectivity index is 1.29. The average Bonchev–Trinajstić information content (AvgIpc) is 3.35. The van der Waals surface area contributed by atoms with Gasteiger partial charge in [-0.15, -0.1) is 0 Å². The van der Waals surface area contributed by atoms with Crippen molar-refractivity contribution in [1.29, 1.82) is 0 Å². The molecule has 1 aromatic carbocycles. The maximum absolute atomic E-state index is 6.28. The maximum Gasteiger partial charge on any atom is 0.191 e. The van der Waals surface area contributed by atoms with Gasteiger partial charge in [-0.1, -0.05) is 23.7 Å². The first-order chi connectivity index (χ1) is 13.7. The van der Waals surface area contributed by atoms with Crippen LogP contribution in [0, 0.1) is 0 Å². The second-order valence-electron chi connectivity index (χ2n) is 6.81. The van der Waals surface area contributed by atoms with Crippen LogP contribution < -0.4 is 15.5 Å². The summed E-state index contributed by atoms with van der Waals surface area (Å²) >= 11 is 6.28. The highest BCUT2D eigenvalue weighted by Crippen LogP contribution is 2.25. The standard InChI is InChI=1S/C20H24ClN7/c1-22-20(24-10-12-28-14-25-17-6-2-3-7-18(17)28)26-15-8-11-27(13-15)19-16(21)5-4-9-23-19/h2-7,9,14-15H,8,10-13H2,1H3,(H2,22,24,26). The number of aliphatic imine (C=N–C) groups is 1. The first-order valence-corrected chi connectivity index (χ1v) is 9.85. The zero-order valence-corrected chi connectivity index (χ0v) is 16.6. The molecule has 1 saturated heterocycles. The number of aromatic nitrogens is 3. The van der Waals surface area contributed by atoms with E-state index in [9.17, 15) is 0 Å². The molecule has 1 fully saturated rings. The average molecular weight is 398 g/mol. The van der Waals surface area contributed by atoms with E-state index in [2.05, 4.69) is 41.1 Å². The lowest BCUT2D eigenvalue weighted by molar-refractivity contribution is 0.629. The molecule has 1 aliphatic heterocycles. The number of nitrogens with one attached hydrogen (secondary N) is 2. The molecule has 4 rings (SSSR count). The lowest BCUT2D eigenvalue weighted by atomic mass is 10.3. The van der Waals surface area contributed by atoms with Crippen LogP contribution in [0.15, 0.2) is 53.9 Å². The highest BCUT2D eigenvalue weighted by Gasteiger charge is 2.25. The van der Waals surface area contributed by atoms with E-state index in [1.165, 1.54) is 0 Å². The Morgan fingerprint density at radius 1 is 1.25 bits per heavy atom. The molecule has 0 radical (unpaired) electrons. The van der Waals surface area contributed by atoms with E-state index in [4.69, 9.17) is 11.6 Å². The molecule has 2 N–H and O–H groups in total. The second kappa shape index (κ2) is 8.48. The second-order valence-corrected chi connectivity index (χ2v) is 7.22. The van der Waals surface area contributed by atoms with Crippen molar-refractivity contribution in [3.63, 3.8) is 0 Å². The van der Waals surface area contributed by atoms with Gasteiger partial charge in [-0.05, 0) is 30.7 Å². The third-order valence-electron chi connectivity index (χ3n) is 4.96. The summed E-state index contributed by atoms with van der Waals surface area (Å²) in [5, 5.41) is 7.59. The van der Waals surface area contributed by atoms with Crippen LogP contribution in [0.3, 0.4) is 0 Å². The van der Waals surface area contributed by atoms with Gasteiger partial charge in [-0.3, -0.25) is 4.99 Å². The van der Waals surface area contributed by atoms with E-state index < -0.39 is 0 Å². The van der Waals surface area contributed by atoms with Crippen LogP contribution in [0.5, 0.6) is 0 Å². The van der Waals surface area contributed by atoms with Crippen LogP contribution in [-0.2, 0) is 6.54 Å². The quantitative estimate of drug-likeness (QED) is 0.511. The normalized spacial score (nSPS) is 17.3. The summed E-state index contributed by atoms with van der Waals surface area (Å²) in [6.45, 7) is 3.36.